The molecule has 0 spiro atoms. The van der Waals surface area contributed by atoms with Crippen LogP contribution in [0.5, 0.6) is 0 Å². The van der Waals surface area contributed by atoms with E-state index in [1.807, 2.05) is 10.6 Å². The number of barbiturate groups is 1. The Morgan fingerprint density at radius 2 is 1.35 bits per heavy atom. The molecule has 9 heteroatoms. The Bertz CT molecular complexity index is 248. The van der Waals surface area contributed by atoms with E-state index in [1.165, 1.54) is 0 Å². The molecule has 0 unspecified atom stereocenters. The van der Waals surface area contributed by atoms with E-state index in [1.54, 1.807) is 0 Å². The molecule has 0 saturated carbocycles. The summed E-state index contributed by atoms with van der Waals surface area (Å²) in [7, 11) is 0. The molecule has 0 atom stereocenters. The fourth-order valence-corrected chi connectivity index (χ4v) is 0.669. The standard InChI is InChI=1S/C4H4N2O3.C4H11NO3/c7-2-1-3(8)6-4(9)5-2;5-4(1-6,2-7)3-8/h1H2,(H2,5,6,7,8,9);6-8H,1-3,5H2. The van der Waals surface area contributed by atoms with Crippen LogP contribution in [0.1, 0.15) is 6.42 Å². The lowest BCUT2D eigenvalue weighted by atomic mass is 10.1. The van der Waals surface area contributed by atoms with Crippen LogP contribution in [0.4, 0.5) is 4.79 Å². The number of urea groups is 1. The monoisotopic (exact) mass is 249 g/mol. The molecule has 0 aromatic rings. The van der Waals surface area contributed by atoms with Crippen LogP contribution < -0.4 is 16.4 Å². The number of nitrogens with two attached hydrogens (primary N) is 1. The number of aliphatic hydroxyl groups excluding tert-OH is 3. The van der Waals surface area contributed by atoms with Gasteiger partial charge in [0.15, 0.2) is 0 Å². The summed E-state index contributed by atoms with van der Waals surface area (Å²) in [5.74, 6) is -1.10. The van der Waals surface area contributed by atoms with Crippen LogP contribution in [0, 0.1) is 0 Å². The largest absolute Gasteiger partial charge is 0.394 e. The number of aliphatic hydroxyl groups is 3. The number of rotatable bonds is 3. The van der Waals surface area contributed by atoms with E-state index < -0.39 is 43.2 Å². The molecule has 4 amide bonds. The number of amides is 4. The van der Waals surface area contributed by atoms with Crippen LogP contribution in [-0.2, 0) is 9.59 Å². The Hall–Kier alpha value is -1.55. The smallest absolute Gasteiger partial charge is 0.328 e. The maximum atomic E-state index is 10.3. The molecule has 17 heavy (non-hydrogen) atoms. The van der Waals surface area contributed by atoms with Gasteiger partial charge in [-0.05, 0) is 0 Å². The Labute approximate surface area is 96.6 Å². The first-order valence-electron chi connectivity index (χ1n) is 4.62. The highest BCUT2D eigenvalue weighted by Gasteiger charge is 2.21. The molecule has 1 aliphatic heterocycles. The minimum Gasteiger partial charge on any atom is -0.394 e. The van der Waals surface area contributed by atoms with Crippen LogP contribution in [0.25, 0.3) is 0 Å². The number of hydrogen-bond donors (Lipinski definition) is 6. The van der Waals surface area contributed by atoms with Crippen molar-refractivity contribution in [3.63, 3.8) is 0 Å². The molecule has 9 nitrogen and oxygen atoms in total. The van der Waals surface area contributed by atoms with Crippen molar-refractivity contribution in [3.8, 4) is 0 Å². The highest BCUT2D eigenvalue weighted by molar-refractivity contribution is 6.14. The van der Waals surface area contributed by atoms with Gasteiger partial charge in [0.05, 0.1) is 25.4 Å². The van der Waals surface area contributed by atoms with E-state index in [2.05, 4.69) is 0 Å². The lowest BCUT2D eigenvalue weighted by Crippen LogP contribution is -2.50. The number of carbonyl (C=O) groups is 3. The molecule has 1 fully saturated rings. The lowest BCUT2D eigenvalue weighted by molar-refractivity contribution is -0.129. The van der Waals surface area contributed by atoms with Crippen LogP contribution in [-0.4, -0.2) is 58.5 Å². The molecule has 1 heterocycles. The third-order valence-corrected chi connectivity index (χ3v) is 1.77. The number of carbonyl (C=O) groups excluding carboxylic acids is 3. The average Bonchev–Trinajstić information content (AvgIpc) is 2.27. The van der Waals surface area contributed by atoms with Crippen LogP contribution in [0.15, 0.2) is 0 Å². The van der Waals surface area contributed by atoms with Crippen molar-refractivity contribution in [1.29, 1.82) is 0 Å². The number of nitrogens with one attached hydrogen (secondary N) is 2. The summed E-state index contributed by atoms with van der Waals surface area (Å²) in [6.07, 6.45) is -0.258. The van der Waals surface area contributed by atoms with Gasteiger partial charge in [-0.1, -0.05) is 0 Å². The van der Waals surface area contributed by atoms with Crippen molar-refractivity contribution < 1.29 is 29.7 Å². The van der Waals surface area contributed by atoms with Gasteiger partial charge in [-0.25, -0.2) is 4.79 Å². The first-order valence-corrected chi connectivity index (χ1v) is 4.62. The van der Waals surface area contributed by atoms with Crippen molar-refractivity contribution in [2.45, 2.75) is 12.0 Å². The van der Waals surface area contributed by atoms with Gasteiger partial charge < -0.3 is 21.1 Å². The SMILES string of the molecule is NC(CO)(CO)CO.O=C1CC(=O)NC(=O)N1. The van der Waals surface area contributed by atoms with Crippen molar-refractivity contribution in [1.82, 2.24) is 10.6 Å². The summed E-state index contributed by atoms with van der Waals surface area (Å²) >= 11 is 0. The first-order chi connectivity index (χ1) is 7.86. The molecule has 98 valence electrons. The van der Waals surface area contributed by atoms with Gasteiger partial charge in [-0.3, -0.25) is 20.2 Å². The minimum atomic E-state index is -1.21. The van der Waals surface area contributed by atoms with Gasteiger partial charge in [0.25, 0.3) is 0 Å². The van der Waals surface area contributed by atoms with E-state index in [9.17, 15) is 14.4 Å². The van der Waals surface area contributed by atoms with Gasteiger partial charge in [0.1, 0.15) is 6.42 Å². The molecule has 0 aromatic heterocycles. The summed E-state index contributed by atoms with van der Waals surface area (Å²) in [5.41, 5.74) is 3.94. The Morgan fingerprint density at radius 1 is 1.00 bits per heavy atom. The molecular weight excluding hydrogens is 234 g/mol. The summed E-state index contributed by atoms with van der Waals surface area (Å²) in [6.45, 7) is -1.21. The molecule has 7 N–H and O–H groups in total. The minimum absolute atomic E-state index is 0.258. The van der Waals surface area contributed by atoms with E-state index in [-0.39, 0.29) is 6.42 Å². The molecule has 0 radical (unpaired) electrons. The zero-order valence-corrected chi connectivity index (χ0v) is 8.97. The molecule has 1 rings (SSSR count). The maximum Gasteiger partial charge on any atom is 0.328 e. The van der Waals surface area contributed by atoms with Crippen LogP contribution in [0.2, 0.25) is 0 Å². The summed E-state index contributed by atoms with van der Waals surface area (Å²) in [5, 5.41) is 28.8. The van der Waals surface area contributed by atoms with E-state index >= 15 is 0 Å². The summed E-state index contributed by atoms with van der Waals surface area (Å²) in [4.78, 5) is 30.8. The zero-order valence-electron chi connectivity index (χ0n) is 8.97. The third-order valence-electron chi connectivity index (χ3n) is 1.77. The molecular formula is C8H15N3O6. The third kappa shape index (κ3) is 5.92. The number of imide groups is 2. The van der Waals surface area contributed by atoms with Gasteiger partial charge in [0, 0.05) is 0 Å². The lowest BCUT2D eigenvalue weighted by Gasteiger charge is -2.20. The molecule has 0 aromatic carbocycles. The van der Waals surface area contributed by atoms with Crippen molar-refractivity contribution in [2.24, 2.45) is 5.73 Å². The molecule has 1 saturated heterocycles. The second-order valence-electron chi connectivity index (χ2n) is 3.44. The van der Waals surface area contributed by atoms with Gasteiger partial charge in [-0.15, -0.1) is 0 Å². The van der Waals surface area contributed by atoms with Gasteiger partial charge >= 0.3 is 6.03 Å². The van der Waals surface area contributed by atoms with Gasteiger partial charge in [-0.2, -0.15) is 0 Å². The molecule has 0 aliphatic carbocycles. The predicted molar refractivity (Wildman–Crippen MR) is 54.5 cm³/mol. The quantitative estimate of drug-likeness (QED) is 0.281. The van der Waals surface area contributed by atoms with Crippen LogP contribution >= 0.6 is 0 Å². The molecule has 1 aliphatic rings. The Balaban J connectivity index is 0.000000304. The highest BCUT2D eigenvalue weighted by Crippen LogP contribution is 1.93. The fourth-order valence-electron chi connectivity index (χ4n) is 0.669. The van der Waals surface area contributed by atoms with E-state index in [0.29, 0.717) is 0 Å². The first kappa shape index (κ1) is 15.4. The predicted octanol–water partition coefficient (Wildman–Crippen LogP) is -3.60. The summed E-state index contributed by atoms with van der Waals surface area (Å²) in [6, 6.07) is -0.740. The fraction of sp³-hybridized carbons (Fsp3) is 0.625. The summed E-state index contributed by atoms with van der Waals surface area (Å²) < 4.78 is 0. The Kier molecular flexibility index (Phi) is 6.28. The van der Waals surface area contributed by atoms with E-state index in [4.69, 9.17) is 21.1 Å². The molecule has 0 bridgehead atoms. The normalized spacial score (nSPS) is 15.6. The van der Waals surface area contributed by atoms with Crippen molar-refractivity contribution >= 4 is 17.8 Å². The highest BCUT2D eigenvalue weighted by atomic mass is 16.3. The van der Waals surface area contributed by atoms with Crippen molar-refractivity contribution in [3.05, 3.63) is 0 Å². The second kappa shape index (κ2) is 6.91. The maximum absolute atomic E-state index is 10.3. The average molecular weight is 249 g/mol. The topological polar surface area (TPSA) is 162 Å². The number of hydrogen-bond acceptors (Lipinski definition) is 7. The van der Waals surface area contributed by atoms with Gasteiger partial charge in [0.2, 0.25) is 11.8 Å². The van der Waals surface area contributed by atoms with Crippen molar-refractivity contribution in [2.75, 3.05) is 19.8 Å². The van der Waals surface area contributed by atoms with E-state index in [0.717, 1.165) is 0 Å². The Morgan fingerprint density at radius 3 is 1.53 bits per heavy atom. The second-order valence-corrected chi connectivity index (χ2v) is 3.44. The zero-order chi connectivity index (χ0) is 13.5. The van der Waals surface area contributed by atoms with Crippen LogP contribution in [0.3, 0.4) is 0 Å².